The second-order valence-electron chi connectivity index (χ2n) is 8.77. The summed E-state index contributed by atoms with van der Waals surface area (Å²) in [6.07, 6.45) is 22.9. The number of hydrogen-bond acceptors (Lipinski definition) is 2. The van der Waals surface area contributed by atoms with Gasteiger partial charge in [0.1, 0.15) is 0 Å². The van der Waals surface area contributed by atoms with Crippen LogP contribution in [-0.2, 0) is 0 Å². The first-order chi connectivity index (χ1) is 12.0. The number of hydrogen-bond donors (Lipinski definition) is 2. The lowest BCUT2D eigenvalue weighted by molar-refractivity contribution is 0.228. The van der Waals surface area contributed by atoms with Crippen molar-refractivity contribution in [3.8, 4) is 0 Å². The molecule has 1 unspecified atom stereocenters. The van der Waals surface area contributed by atoms with Crippen molar-refractivity contribution in [3.05, 3.63) is 0 Å². The molecule has 1 atom stereocenters. The molecule has 0 aliphatic carbocycles. The maximum Gasteiger partial charge on any atom is 0.0431 e. The zero-order valence-corrected chi connectivity index (χ0v) is 19.1. The second-order valence-corrected chi connectivity index (χ2v) is 8.77. The minimum atomic E-state index is -0.105. The maximum atomic E-state index is 9.03. The summed E-state index contributed by atoms with van der Waals surface area (Å²) >= 11 is 0. The van der Waals surface area contributed by atoms with E-state index in [0.717, 1.165) is 12.8 Å². The van der Waals surface area contributed by atoms with Crippen molar-refractivity contribution in [2.24, 2.45) is 11.7 Å². The van der Waals surface area contributed by atoms with Crippen molar-refractivity contribution in [2.45, 2.75) is 135 Å². The Balaban J connectivity index is 0. The van der Waals surface area contributed by atoms with E-state index >= 15 is 0 Å². The first-order valence-electron chi connectivity index (χ1n) is 11.4. The van der Waals surface area contributed by atoms with Crippen LogP contribution < -0.4 is 5.73 Å². The zero-order valence-electron chi connectivity index (χ0n) is 18.2. The smallest absolute Gasteiger partial charge is 0.0431 e. The molecule has 0 radical (unpaired) electrons. The quantitative estimate of drug-likeness (QED) is 0.225. The summed E-state index contributed by atoms with van der Waals surface area (Å²) in [4.78, 5) is 0. The monoisotopic (exact) mass is 391 g/mol. The van der Waals surface area contributed by atoms with Gasteiger partial charge in [-0.05, 0) is 39.0 Å². The van der Waals surface area contributed by atoms with Gasteiger partial charge in [0.15, 0.2) is 0 Å². The van der Waals surface area contributed by atoms with Gasteiger partial charge in [-0.3, -0.25) is 0 Å². The van der Waals surface area contributed by atoms with Crippen LogP contribution >= 0.6 is 12.4 Å². The predicted molar refractivity (Wildman–Crippen MR) is 120 cm³/mol. The summed E-state index contributed by atoms with van der Waals surface area (Å²) in [7, 11) is 0. The van der Waals surface area contributed by atoms with Crippen molar-refractivity contribution in [1.29, 1.82) is 0 Å². The highest BCUT2D eigenvalue weighted by atomic mass is 35.5. The highest BCUT2D eigenvalue weighted by Crippen LogP contribution is 2.25. The van der Waals surface area contributed by atoms with Gasteiger partial charge in [0.25, 0.3) is 0 Å². The Bertz CT molecular complexity index is 265. The van der Waals surface area contributed by atoms with Crippen LogP contribution in [-0.4, -0.2) is 17.3 Å². The molecule has 0 spiro atoms. The molecule has 0 aromatic heterocycles. The molecule has 160 valence electrons. The van der Waals surface area contributed by atoms with Gasteiger partial charge in [0.05, 0.1) is 0 Å². The van der Waals surface area contributed by atoms with Crippen LogP contribution in [0.3, 0.4) is 0 Å². The fourth-order valence-corrected chi connectivity index (χ4v) is 3.81. The van der Waals surface area contributed by atoms with Crippen LogP contribution in [0.4, 0.5) is 0 Å². The summed E-state index contributed by atoms with van der Waals surface area (Å²) in [5.74, 6) is 0.553. The lowest BCUT2D eigenvalue weighted by Crippen LogP contribution is -2.41. The lowest BCUT2D eigenvalue weighted by atomic mass is 9.81. The fourth-order valence-electron chi connectivity index (χ4n) is 3.81. The van der Waals surface area contributed by atoms with Crippen LogP contribution in [0.15, 0.2) is 0 Å². The average Bonchev–Trinajstić information content (AvgIpc) is 2.56. The zero-order chi connectivity index (χ0) is 18.8. The molecule has 3 N–H and O–H groups in total. The van der Waals surface area contributed by atoms with Crippen LogP contribution in [0, 0.1) is 5.92 Å². The molecule has 0 aliphatic heterocycles. The Labute approximate surface area is 171 Å². The Morgan fingerprint density at radius 3 is 1.35 bits per heavy atom. The van der Waals surface area contributed by atoms with Crippen molar-refractivity contribution in [2.75, 3.05) is 6.61 Å². The van der Waals surface area contributed by atoms with Gasteiger partial charge < -0.3 is 10.8 Å². The Hall–Kier alpha value is 0.210. The van der Waals surface area contributed by atoms with Crippen molar-refractivity contribution < 1.29 is 5.11 Å². The Morgan fingerprint density at radius 2 is 1.00 bits per heavy atom. The fraction of sp³-hybridized carbons (Fsp3) is 1.00. The van der Waals surface area contributed by atoms with E-state index in [1.165, 1.54) is 96.3 Å². The van der Waals surface area contributed by atoms with Gasteiger partial charge in [-0.15, -0.1) is 12.4 Å². The van der Waals surface area contributed by atoms with E-state index < -0.39 is 0 Å². The second kappa shape index (κ2) is 20.0. The van der Waals surface area contributed by atoms with Crippen molar-refractivity contribution in [1.82, 2.24) is 0 Å². The number of aliphatic hydroxyl groups is 1. The highest BCUT2D eigenvalue weighted by Gasteiger charge is 2.23. The van der Waals surface area contributed by atoms with Gasteiger partial charge in [0.2, 0.25) is 0 Å². The molecular formula is C23H50ClNO. The first kappa shape index (κ1) is 28.4. The molecule has 0 aliphatic rings. The number of rotatable bonds is 19. The van der Waals surface area contributed by atoms with E-state index in [9.17, 15) is 0 Å². The molecule has 0 bridgehead atoms. The van der Waals surface area contributed by atoms with Gasteiger partial charge in [-0.25, -0.2) is 0 Å². The molecule has 0 heterocycles. The molecule has 0 aromatic rings. The number of halogens is 1. The summed E-state index contributed by atoms with van der Waals surface area (Å²) in [6, 6.07) is 0. The molecule has 2 nitrogen and oxygen atoms in total. The van der Waals surface area contributed by atoms with E-state index in [1.54, 1.807) is 0 Å². The van der Waals surface area contributed by atoms with Crippen molar-refractivity contribution in [3.63, 3.8) is 0 Å². The van der Waals surface area contributed by atoms with Gasteiger partial charge in [-0.2, -0.15) is 0 Å². The summed E-state index contributed by atoms with van der Waals surface area (Å²) < 4.78 is 0. The van der Waals surface area contributed by atoms with Gasteiger partial charge in [0, 0.05) is 12.1 Å². The Morgan fingerprint density at radius 1 is 0.654 bits per heavy atom. The molecular weight excluding hydrogens is 342 g/mol. The standard InChI is InChI=1S/C23H49NO.ClH/c1-4-5-6-7-8-9-10-11-12-13-14-15-16-17-19-22(20-18-21-25)23(2,3)24;/h22,25H,4-21,24H2,1-3H3;1H. The van der Waals surface area contributed by atoms with E-state index in [-0.39, 0.29) is 17.9 Å². The molecule has 3 heteroatoms. The van der Waals surface area contributed by atoms with Crippen molar-refractivity contribution >= 4 is 12.4 Å². The summed E-state index contributed by atoms with van der Waals surface area (Å²) in [5, 5.41) is 9.03. The summed E-state index contributed by atoms with van der Waals surface area (Å²) in [6.45, 7) is 6.86. The van der Waals surface area contributed by atoms with Crippen LogP contribution in [0.2, 0.25) is 0 Å². The van der Waals surface area contributed by atoms with E-state index in [4.69, 9.17) is 10.8 Å². The Kier molecular flexibility index (Phi) is 21.8. The first-order valence-corrected chi connectivity index (χ1v) is 11.4. The van der Waals surface area contributed by atoms with E-state index in [0.29, 0.717) is 12.5 Å². The topological polar surface area (TPSA) is 46.2 Å². The lowest BCUT2D eigenvalue weighted by Gasteiger charge is -2.30. The minimum absolute atomic E-state index is 0. The van der Waals surface area contributed by atoms with E-state index in [2.05, 4.69) is 20.8 Å². The van der Waals surface area contributed by atoms with Crippen LogP contribution in [0.25, 0.3) is 0 Å². The molecule has 0 rings (SSSR count). The number of nitrogens with two attached hydrogens (primary N) is 1. The molecule has 0 aromatic carbocycles. The molecule has 0 amide bonds. The van der Waals surface area contributed by atoms with Crippen LogP contribution in [0.5, 0.6) is 0 Å². The normalized spacial score (nSPS) is 12.8. The SMILES string of the molecule is CCCCCCCCCCCCCCCCC(CCCO)C(C)(C)N.Cl. The third-order valence-electron chi connectivity index (χ3n) is 5.67. The molecule has 26 heavy (non-hydrogen) atoms. The number of aliphatic hydroxyl groups excluding tert-OH is 1. The predicted octanol–water partition coefficient (Wildman–Crippen LogP) is 7.41. The van der Waals surface area contributed by atoms with E-state index in [1.807, 2.05) is 0 Å². The molecule has 0 saturated carbocycles. The molecule has 0 saturated heterocycles. The maximum absolute atomic E-state index is 9.03. The molecule has 0 fully saturated rings. The minimum Gasteiger partial charge on any atom is -0.396 e. The third-order valence-corrected chi connectivity index (χ3v) is 5.67. The van der Waals surface area contributed by atoms with Crippen LogP contribution in [0.1, 0.15) is 130 Å². The van der Waals surface area contributed by atoms with Gasteiger partial charge >= 0.3 is 0 Å². The highest BCUT2D eigenvalue weighted by molar-refractivity contribution is 5.85. The third kappa shape index (κ3) is 19.0. The summed E-state index contributed by atoms with van der Waals surface area (Å²) in [5.41, 5.74) is 6.19. The number of unbranched alkanes of at least 4 members (excludes halogenated alkanes) is 13. The largest absolute Gasteiger partial charge is 0.396 e. The average molecular weight is 392 g/mol. The van der Waals surface area contributed by atoms with Gasteiger partial charge in [-0.1, -0.05) is 96.8 Å².